The Morgan fingerprint density at radius 1 is 0.914 bits per heavy atom. The maximum absolute atomic E-state index is 13.0. The number of carbonyl (C=O) groups is 1. The maximum Gasteiger partial charge on any atom is 0.230 e. The smallest absolute Gasteiger partial charge is 0.230 e. The van der Waals surface area contributed by atoms with Gasteiger partial charge in [-0.3, -0.25) is 9.89 Å². The molecule has 170 valence electrons. The quantitative estimate of drug-likeness (QED) is 0.226. The fraction of sp³-hybridized carbons (Fsp3) is 0. The van der Waals surface area contributed by atoms with Crippen LogP contribution < -0.4 is 10.6 Å². The summed E-state index contributed by atoms with van der Waals surface area (Å²) in [5.74, 6) is 2.20. The van der Waals surface area contributed by atoms with Gasteiger partial charge in [-0.05, 0) is 54.6 Å². The number of aromatic amines is 2. The third-order valence-corrected chi connectivity index (χ3v) is 5.51. The number of carbonyl (C=O) groups excluding carboxylic acids is 1. The molecule has 0 fully saturated rings. The first-order chi connectivity index (χ1) is 17.2. The van der Waals surface area contributed by atoms with Crippen molar-refractivity contribution in [3.8, 4) is 11.5 Å². The van der Waals surface area contributed by atoms with E-state index in [1.807, 2.05) is 60.8 Å². The Kier molecular flexibility index (Phi) is 5.04. The molecule has 4 heterocycles. The summed E-state index contributed by atoms with van der Waals surface area (Å²) < 4.78 is 5.37. The summed E-state index contributed by atoms with van der Waals surface area (Å²) in [7, 11) is 0. The van der Waals surface area contributed by atoms with Crippen LogP contribution in [-0.2, 0) is 0 Å². The third-order valence-electron chi connectivity index (χ3n) is 5.51. The summed E-state index contributed by atoms with van der Waals surface area (Å²) in [5.41, 5.74) is 3.63. The van der Waals surface area contributed by atoms with Gasteiger partial charge in [0.2, 0.25) is 5.95 Å². The molecule has 2 aromatic carbocycles. The number of hydrogen-bond acceptors (Lipinski definition) is 7. The van der Waals surface area contributed by atoms with Crippen LogP contribution in [0.1, 0.15) is 15.9 Å². The minimum atomic E-state index is -0.0361. The standard InChI is InChI=1S/C26H19N7O2/c34-25(19-4-1-3-16-10-12-27-24(16)19)17-6-8-18(9-7-17)29-22-11-13-28-26(30-22)31-23-15-20(32-33-23)21-5-2-14-35-21/h1-15,27H,(H3,28,29,30,31,32,33). The van der Waals surface area contributed by atoms with E-state index in [1.165, 1.54) is 0 Å². The van der Waals surface area contributed by atoms with Crippen LogP contribution in [0.4, 0.5) is 23.3 Å². The number of rotatable bonds is 7. The number of nitrogens with one attached hydrogen (secondary N) is 4. The van der Waals surface area contributed by atoms with Crippen LogP contribution in [0, 0.1) is 0 Å². The fourth-order valence-corrected chi connectivity index (χ4v) is 3.83. The lowest BCUT2D eigenvalue weighted by atomic mass is 10.0. The molecular weight excluding hydrogens is 442 g/mol. The summed E-state index contributed by atoms with van der Waals surface area (Å²) in [6, 6.07) is 22.2. The molecular formula is C26H19N7O2. The number of fused-ring (bicyclic) bond motifs is 1. The number of nitrogens with zero attached hydrogens (tertiary/aromatic N) is 3. The molecule has 0 atom stereocenters. The second-order valence-corrected chi connectivity index (χ2v) is 7.81. The van der Waals surface area contributed by atoms with Crippen molar-refractivity contribution in [3.63, 3.8) is 0 Å². The summed E-state index contributed by atoms with van der Waals surface area (Å²) in [5, 5.41) is 14.4. The fourth-order valence-electron chi connectivity index (χ4n) is 3.83. The van der Waals surface area contributed by atoms with Crippen molar-refractivity contribution in [1.29, 1.82) is 0 Å². The topological polar surface area (TPSA) is 125 Å². The molecule has 0 aliphatic carbocycles. The summed E-state index contributed by atoms with van der Waals surface area (Å²) in [4.78, 5) is 24.9. The molecule has 35 heavy (non-hydrogen) atoms. The number of aromatic nitrogens is 5. The predicted molar refractivity (Wildman–Crippen MR) is 133 cm³/mol. The van der Waals surface area contributed by atoms with Crippen molar-refractivity contribution >= 4 is 40.0 Å². The molecule has 0 radical (unpaired) electrons. The van der Waals surface area contributed by atoms with Gasteiger partial charge < -0.3 is 20.0 Å². The molecule has 6 aromatic rings. The van der Waals surface area contributed by atoms with Crippen LogP contribution in [0.2, 0.25) is 0 Å². The molecule has 0 saturated carbocycles. The van der Waals surface area contributed by atoms with E-state index in [1.54, 1.807) is 30.7 Å². The Balaban J connectivity index is 1.16. The van der Waals surface area contributed by atoms with Crippen molar-refractivity contribution in [1.82, 2.24) is 25.1 Å². The zero-order chi connectivity index (χ0) is 23.6. The third kappa shape index (κ3) is 4.13. The Morgan fingerprint density at radius 2 is 1.83 bits per heavy atom. The molecule has 4 aromatic heterocycles. The van der Waals surface area contributed by atoms with E-state index in [4.69, 9.17) is 4.42 Å². The molecule has 0 unspecified atom stereocenters. The van der Waals surface area contributed by atoms with E-state index in [-0.39, 0.29) is 5.78 Å². The van der Waals surface area contributed by atoms with E-state index >= 15 is 0 Å². The van der Waals surface area contributed by atoms with Gasteiger partial charge >= 0.3 is 0 Å². The Hall–Kier alpha value is -5.18. The number of anilines is 4. The molecule has 0 bridgehead atoms. The van der Waals surface area contributed by atoms with Crippen molar-refractivity contribution in [2.45, 2.75) is 0 Å². The molecule has 0 spiro atoms. The minimum absolute atomic E-state index is 0.0361. The molecule has 0 saturated heterocycles. The number of ketones is 1. The van der Waals surface area contributed by atoms with Gasteiger partial charge in [0.1, 0.15) is 11.5 Å². The van der Waals surface area contributed by atoms with E-state index < -0.39 is 0 Å². The van der Waals surface area contributed by atoms with Crippen LogP contribution >= 0.6 is 0 Å². The number of furan rings is 1. The highest BCUT2D eigenvalue weighted by Crippen LogP contribution is 2.24. The maximum atomic E-state index is 13.0. The number of para-hydroxylation sites is 1. The Bertz CT molecular complexity index is 1620. The average Bonchev–Trinajstić information content (AvgIpc) is 3.66. The lowest BCUT2D eigenvalue weighted by Crippen LogP contribution is -2.03. The summed E-state index contributed by atoms with van der Waals surface area (Å²) in [6.45, 7) is 0. The van der Waals surface area contributed by atoms with Crippen molar-refractivity contribution in [2.24, 2.45) is 0 Å². The molecule has 0 amide bonds. The van der Waals surface area contributed by atoms with Gasteiger partial charge in [-0.1, -0.05) is 12.1 Å². The molecule has 9 heteroatoms. The van der Waals surface area contributed by atoms with Gasteiger partial charge in [0.25, 0.3) is 0 Å². The van der Waals surface area contributed by atoms with E-state index in [0.29, 0.717) is 34.5 Å². The minimum Gasteiger partial charge on any atom is -0.463 e. The highest BCUT2D eigenvalue weighted by Gasteiger charge is 2.13. The van der Waals surface area contributed by atoms with Crippen LogP contribution in [0.15, 0.2) is 95.9 Å². The summed E-state index contributed by atoms with van der Waals surface area (Å²) in [6.07, 6.45) is 5.09. The molecule has 0 aliphatic heterocycles. The van der Waals surface area contributed by atoms with Gasteiger partial charge in [0, 0.05) is 40.7 Å². The molecule has 4 N–H and O–H groups in total. The number of hydrogen-bond donors (Lipinski definition) is 4. The molecule has 9 nitrogen and oxygen atoms in total. The number of benzene rings is 2. The lowest BCUT2D eigenvalue weighted by Gasteiger charge is -2.08. The van der Waals surface area contributed by atoms with E-state index in [0.717, 1.165) is 22.3 Å². The van der Waals surface area contributed by atoms with Crippen LogP contribution in [-0.4, -0.2) is 30.9 Å². The summed E-state index contributed by atoms with van der Waals surface area (Å²) >= 11 is 0. The van der Waals surface area contributed by atoms with Crippen molar-refractivity contribution < 1.29 is 9.21 Å². The predicted octanol–water partition coefficient (Wildman–Crippen LogP) is 5.66. The zero-order valence-corrected chi connectivity index (χ0v) is 18.3. The second-order valence-electron chi connectivity index (χ2n) is 7.81. The molecule has 6 rings (SSSR count). The van der Waals surface area contributed by atoms with E-state index in [2.05, 4.69) is 35.8 Å². The van der Waals surface area contributed by atoms with Gasteiger partial charge in [-0.25, -0.2) is 4.98 Å². The Labute approximate surface area is 199 Å². The molecule has 0 aliphatic rings. The van der Waals surface area contributed by atoms with Crippen LogP contribution in [0.25, 0.3) is 22.4 Å². The zero-order valence-electron chi connectivity index (χ0n) is 18.3. The van der Waals surface area contributed by atoms with Crippen LogP contribution in [0.3, 0.4) is 0 Å². The van der Waals surface area contributed by atoms with Gasteiger partial charge in [-0.15, -0.1) is 0 Å². The van der Waals surface area contributed by atoms with Crippen molar-refractivity contribution in [2.75, 3.05) is 10.6 Å². The SMILES string of the molecule is O=C(c1ccc(Nc2ccnc(Nc3cc(-c4ccco4)[nH]n3)n2)cc1)c1cccc2cc[nH]c12. The highest BCUT2D eigenvalue weighted by atomic mass is 16.3. The van der Waals surface area contributed by atoms with E-state index in [9.17, 15) is 4.79 Å². The first kappa shape index (κ1) is 20.4. The van der Waals surface area contributed by atoms with Crippen LogP contribution in [0.5, 0.6) is 0 Å². The normalized spacial score (nSPS) is 11.0. The second kappa shape index (κ2) is 8.64. The lowest BCUT2D eigenvalue weighted by molar-refractivity contribution is 0.104. The first-order valence-corrected chi connectivity index (χ1v) is 10.9. The Morgan fingerprint density at radius 3 is 2.69 bits per heavy atom. The highest BCUT2D eigenvalue weighted by molar-refractivity contribution is 6.15. The van der Waals surface area contributed by atoms with Crippen molar-refractivity contribution in [3.05, 3.63) is 103 Å². The monoisotopic (exact) mass is 461 g/mol. The van der Waals surface area contributed by atoms with Gasteiger partial charge in [0.05, 0.1) is 11.8 Å². The first-order valence-electron chi connectivity index (χ1n) is 10.9. The van der Waals surface area contributed by atoms with Gasteiger partial charge in [-0.2, -0.15) is 10.1 Å². The average molecular weight is 461 g/mol. The van der Waals surface area contributed by atoms with Gasteiger partial charge in [0.15, 0.2) is 17.4 Å². The number of H-pyrrole nitrogens is 2. The largest absolute Gasteiger partial charge is 0.463 e.